The zero-order chi connectivity index (χ0) is 27.6. The minimum absolute atomic E-state index is 0. The van der Waals surface area contributed by atoms with Crippen molar-refractivity contribution in [3.63, 3.8) is 0 Å². The number of ether oxygens (including phenoxy) is 1. The highest BCUT2D eigenvalue weighted by Crippen LogP contribution is 2.29. The molecular formula is C31H48Cl2N6O2. The van der Waals surface area contributed by atoms with Gasteiger partial charge in [0.15, 0.2) is 0 Å². The number of carbonyl (C=O) groups excluding carboxylic acids is 1. The van der Waals surface area contributed by atoms with Gasteiger partial charge in [-0.3, -0.25) is 4.90 Å². The third-order valence-corrected chi connectivity index (χ3v) is 8.12. The molecule has 41 heavy (non-hydrogen) atoms. The van der Waals surface area contributed by atoms with Crippen molar-refractivity contribution in [3.8, 4) is 0 Å². The van der Waals surface area contributed by atoms with Gasteiger partial charge in [-0.25, -0.2) is 4.79 Å². The number of rotatable bonds is 2. The lowest BCUT2D eigenvalue weighted by molar-refractivity contribution is 0.0242. The molecule has 4 aliphatic heterocycles. The molecule has 1 amide bonds. The van der Waals surface area contributed by atoms with Gasteiger partial charge in [0.05, 0.1) is 0 Å². The highest BCUT2D eigenvalue weighted by Gasteiger charge is 2.28. The number of nitrogens with one attached hydrogen (secondary N) is 1. The van der Waals surface area contributed by atoms with Crippen LogP contribution in [0.5, 0.6) is 0 Å². The second kappa shape index (κ2) is 14.3. The molecule has 2 saturated heterocycles. The van der Waals surface area contributed by atoms with Gasteiger partial charge in [0.2, 0.25) is 0 Å². The quantitative estimate of drug-likeness (QED) is 0.537. The lowest BCUT2D eigenvalue weighted by atomic mass is 10.1. The van der Waals surface area contributed by atoms with E-state index < -0.39 is 5.60 Å². The Morgan fingerprint density at radius 3 is 1.68 bits per heavy atom. The van der Waals surface area contributed by atoms with Gasteiger partial charge in [-0.1, -0.05) is 12.1 Å². The lowest BCUT2D eigenvalue weighted by Crippen LogP contribution is -2.44. The molecule has 1 N–H and O–H groups in total. The van der Waals surface area contributed by atoms with E-state index in [1.807, 2.05) is 20.8 Å². The largest absolute Gasteiger partial charge is 0.444 e. The maximum Gasteiger partial charge on any atom is 0.410 e. The smallest absolute Gasteiger partial charge is 0.410 e. The molecule has 2 aromatic rings. The second-order valence-electron chi connectivity index (χ2n) is 12.4. The van der Waals surface area contributed by atoms with Crippen molar-refractivity contribution in [2.24, 2.45) is 0 Å². The first-order chi connectivity index (χ1) is 18.6. The summed E-state index contributed by atoms with van der Waals surface area (Å²) in [5.41, 5.74) is 7.64. The van der Waals surface area contributed by atoms with Crippen LogP contribution in [0.3, 0.4) is 0 Å². The van der Waals surface area contributed by atoms with Gasteiger partial charge in [0, 0.05) is 89.9 Å². The number of hydrogen-bond donors (Lipinski definition) is 1. The van der Waals surface area contributed by atoms with Crippen LogP contribution in [0, 0.1) is 0 Å². The minimum atomic E-state index is -0.448. The van der Waals surface area contributed by atoms with Crippen molar-refractivity contribution >= 4 is 42.3 Å². The number of fused-ring (bicyclic) bond motifs is 2. The van der Waals surface area contributed by atoms with E-state index in [0.717, 1.165) is 52.4 Å². The van der Waals surface area contributed by atoms with Crippen LogP contribution in [-0.2, 0) is 30.9 Å². The Hall–Kier alpha value is -2.23. The summed E-state index contributed by atoms with van der Waals surface area (Å²) in [6.07, 6.45) is -0.227. The summed E-state index contributed by atoms with van der Waals surface area (Å²) in [6.45, 7) is 18.1. The number of anilines is 2. The number of benzene rings is 2. The zero-order valence-electron chi connectivity index (χ0n) is 25.3. The van der Waals surface area contributed by atoms with Crippen LogP contribution in [-0.4, -0.2) is 92.8 Å². The van der Waals surface area contributed by atoms with E-state index in [2.05, 4.69) is 75.4 Å². The number of amides is 1. The molecular weight excluding hydrogens is 559 g/mol. The van der Waals surface area contributed by atoms with Gasteiger partial charge in [0.1, 0.15) is 5.60 Å². The summed E-state index contributed by atoms with van der Waals surface area (Å²) in [7, 11) is 4.36. The fourth-order valence-electron chi connectivity index (χ4n) is 5.64. The van der Waals surface area contributed by atoms with Crippen molar-refractivity contribution < 1.29 is 9.53 Å². The third-order valence-electron chi connectivity index (χ3n) is 8.12. The van der Waals surface area contributed by atoms with Crippen molar-refractivity contribution in [2.75, 3.05) is 76.3 Å². The molecule has 0 aliphatic carbocycles. The van der Waals surface area contributed by atoms with Crippen LogP contribution in [0.1, 0.15) is 43.0 Å². The SMILES string of the molecule is CN1CCN(c2ccc3c(c2)CN(C(=O)OC(C)(C)C)C3)CC1.CN1CCN(c2ccc3c(c2)CNC3)CC1.Cl.Cl. The normalized spacial score (nSPS) is 18.9. The predicted octanol–water partition coefficient (Wildman–Crippen LogP) is 4.57. The third kappa shape index (κ3) is 8.64. The molecule has 0 bridgehead atoms. The molecule has 6 rings (SSSR count). The Kier molecular flexibility index (Phi) is 11.6. The van der Waals surface area contributed by atoms with Crippen LogP contribution >= 0.6 is 24.8 Å². The first-order valence-electron chi connectivity index (χ1n) is 14.4. The molecule has 0 saturated carbocycles. The first-order valence-corrected chi connectivity index (χ1v) is 14.4. The highest BCUT2D eigenvalue weighted by atomic mass is 35.5. The molecule has 0 radical (unpaired) electrons. The van der Waals surface area contributed by atoms with Crippen molar-refractivity contribution in [1.82, 2.24) is 20.0 Å². The summed E-state index contributed by atoms with van der Waals surface area (Å²) < 4.78 is 5.48. The van der Waals surface area contributed by atoms with Crippen molar-refractivity contribution in [1.29, 1.82) is 0 Å². The van der Waals surface area contributed by atoms with Crippen molar-refractivity contribution in [3.05, 3.63) is 58.7 Å². The Balaban J connectivity index is 0.000000227. The second-order valence-corrected chi connectivity index (χ2v) is 12.4. The molecule has 10 heteroatoms. The van der Waals surface area contributed by atoms with E-state index in [1.165, 1.54) is 46.7 Å². The zero-order valence-corrected chi connectivity index (χ0v) is 27.0. The molecule has 228 valence electrons. The summed E-state index contributed by atoms with van der Waals surface area (Å²) >= 11 is 0. The topological polar surface area (TPSA) is 54.5 Å². The first kappa shape index (κ1) is 33.3. The molecule has 0 aromatic heterocycles. The van der Waals surface area contributed by atoms with E-state index >= 15 is 0 Å². The summed E-state index contributed by atoms with van der Waals surface area (Å²) in [4.78, 5) is 23.7. The van der Waals surface area contributed by atoms with Gasteiger partial charge in [-0.05, 0) is 81.4 Å². The average molecular weight is 608 g/mol. The Bertz CT molecular complexity index is 1160. The molecule has 0 spiro atoms. The summed E-state index contributed by atoms with van der Waals surface area (Å²) in [5, 5.41) is 3.40. The van der Waals surface area contributed by atoms with Crippen LogP contribution in [0.25, 0.3) is 0 Å². The lowest BCUT2D eigenvalue weighted by Gasteiger charge is -2.34. The number of halogens is 2. The maximum absolute atomic E-state index is 12.2. The summed E-state index contributed by atoms with van der Waals surface area (Å²) in [5.74, 6) is 0. The molecule has 2 fully saturated rings. The molecule has 4 heterocycles. The van der Waals surface area contributed by atoms with Gasteiger partial charge in [-0.2, -0.15) is 0 Å². The Morgan fingerprint density at radius 2 is 1.15 bits per heavy atom. The van der Waals surface area contributed by atoms with Crippen LogP contribution in [0.15, 0.2) is 36.4 Å². The fourth-order valence-corrected chi connectivity index (χ4v) is 5.64. The number of nitrogens with zero attached hydrogens (tertiary/aromatic N) is 5. The number of likely N-dealkylation sites (N-methyl/N-ethyl adjacent to an activating group) is 2. The van der Waals surface area contributed by atoms with Crippen LogP contribution < -0.4 is 15.1 Å². The molecule has 0 unspecified atom stereocenters. The standard InChI is InChI=1S/C18H27N3O2.C13H19N3.2ClH/c1-18(2,3)23-17(22)21-12-14-5-6-16(11-15(14)13-21)20-9-7-19(4)8-10-20;1-15-4-6-16(7-5-15)13-3-2-11-9-14-10-12(11)8-13;;/h5-6,11H,7-10,12-13H2,1-4H3;2-3,8,14H,4-7,9-10H2,1H3;2*1H. The minimum Gasteiger partial charge on any atom is -0.444 e. The predicted molar refractivity (Wildman–Crippen MR) is 173 cm³/mol. The monoisotopic (exact) mass is 606 g/mol. The highest BCUT2D eigenvalue weighted by molar-refractivity contribution is 5.85. The molecule has 0 atom stereocenters. The fraction of sp³-hybridized carbons (Fsp3) is 0.581. The Labute approximate surface area is 258 Å². The molecule has 2 aromatic carbocycles. The van der Waals surface area contributed by atoms with Gasteiger partial charge in [-0.15, -0.1) is 24.8 Å². The number of hydrogen-bond acceptors (Lipinski definition) is 7. The van der Waals surface area contributed by atoms with E-state index in [1.54, 1.807) is 4.90 Å². The number of carbonyl (C=O) groups is 1. The number of piperazine rings is 2. The van der Waals surface area contributed by atoms with Crippen molar-refractivity contribution in [2.45, 2.75) is 52.6 Å². The van der Waals surface area contributed by atoms with Gasteiger partial charge in [0.25, 0.3) is 0 Å². The van der Waals surface area contributed by atoms with E-state index in [-0.39, 0.29) is 30.9 Å². The molecule has 8 nitrogen and oxygen atoms in total. The average Bonchev–Trinajstić information content (AvgIpc) is 3.55. The Morgan fingerprint density at radius 1 is 0.683 bits per heavy atom. The molecule has 4 aliphatic rings. The van der Waals surface area contributed by atoms with Gasteiger partial charge < -0.3 is 29.7 Å². The van der Waals surface area contributed by atoms with Crippen LogP contribution in [0.2, 0.25) is 0 Å². The van der Waals surface area contributed by atoms with E-state index in [9.17, 15) is 4.79 Å². The van der Waals surface area contributed by atoms with E-state index in [0.29, 0.717) is 13.1 Å². The summed E-state index contributed by atoms with van der Waals surface area (Å²) in [6, 6.07) is 13.5. The maximum atomic E-state index is 12.2. The van der Waals surface area contributed by atoms with E-state index in [4.69, 9.17) is 4.74 Å². The van der Waals surface area contributed by atoms with Crippen LogP contribution in [0.4, 0.5) is 16.2 Å². The van der Waals surface area contributed by atoms with Gasteiger partial charge >= 0.3 is 6.09 Å².